The molecule has 0 aliphatic carbocycles. The van der Waals surface area contributed by atoms with E-state index in [1.807, 2.05) is 13.8 Å². The summed E-state index contributed by atoms with van der Waals surface area (Å²) in [4.78, 5) is 24.0. The van der Waals surface area contributed by atoms with Crippen LogP contribution in [0.15, 0.2) is 50.1 Å². The first kappa shape index (κ1) is 22.3. The summed E-state index contributed by atoms with van der Waals surface area (Å²) in [6.45, 7) is 19.3. The molecule has 22 heavy (non-hydrogen) atoms. The second-order valence-electron chi connectivity index (χ2n) is 4.44. The van der Waals surface area contributed by atoms with Crippen molar-refractivity contribution >= 4 is 11.7 Å². The fraction of sp³-hybridized carbons (Fsp3) is 0.444. The zero-order valence-corrected chi connectivity index (χ0v) is 14.1. The molecular formula is C18H29NO3. The maximum absolute atomic E-state index is 11.5. The lowest BCUT2D eigenvalue weighted by Crippen LogP contribution is -2.48. The number of hydrogen-bond donors (Lipinski definition) is 1. The molecule has 1 aliphatic heterocycles. The number of hydrogen-bond acceptors (Lipinski definition) is 3. The van der Waals surface area contributed by atoms with Crippen molar-refractivity contribution in [2.45, 2.75) is 39.2 Å². The molecular weight excluding hydrogens is 278 g/mol. The number of rotatable bonds is 4. The molecule has 1 fully saturated rings. The summed E-state index contributed by atoms with van der Waals surface area (Å²) in [7, 11) is 0. The van der Waals surface area contributed by atoms with Gasteiger partial charge in [0, 0.05) is 20.0 Å². The molecule has 0 aromatic heterocycles. The maximum atomic E-state index is 11.5. The summed E-state index contributed by atoms with van der Waals surface area (Å²) in [5.41, 5.74) is -0.281. The molecule has 124 valence electrons. The van der Waals surface area contributed by atoms with Gasteiger partial charge in [-0.2, -0.15) is 0 Å². The molecule has 0 bridgehead atoms. The van der Waals surface area contributed by atoms with E-state index in [4.69, 9.17) is 0 Å². The van der Waals surface area contributed by atoms with Gasteiger partial charge in [0.2, 0.25) is 5.78 Å². The van der Waals surface area contributed by atoms with Gasteiger partial charge in [0.05, 0.1) is 5.60 Å². The highest BCUT2D eigenvalue weighted by Gasteiger charge is 2.36. The van der Waals surface area contributed by atoms with E-state index in [-0.39, 0.29) is 0 Å². The van der Waals surface area contributed by atoms with Gasteiger partial charge in [-0.3, -0.25) is 9.59 Å². The van der Waals surface area contributed by atoms with Gasteiger partial charge in [0.25, 0.3) is 5.91 Å². The fourth-order valence-corrected chi connectivity index (χ4v) is 2.13. The Morgan fingerprint density at radius 3 is 1.91 bits per heavy atom. The molecule has 4 nitrogen and oxygen atoms in total. The van der Waals surface area contributed by atoms with Crippen molar-refractivity contribution < 1.29 is 14.7 Å². The minimum atomic E-state index is -0.983. The third-order valence-corrected chi connectivity index (χ3v) is 3.23. The van der Waals surface area contributed by atoms with E-state index in [2.05, 4.69) is 26.3 Å². The molecule has 0 spiro atoms. The SMILES string of the molecule is C=C.C=C/C=C(\C=C)C1(O)CCN(C(=O)C(C)=O)CC1.CC. The Morgan fingerprint density at radius 1 is 1.14 bits per heavy atom. The zero-order valence-electron chi connectivity index (χ0n) is 14.1. The Kier molecular flexibility index (Phi) is 11.9. The highest BCUT2D eigenvalue weighted by atomic mass is 16.3. The van der Waals surface area contributed by atoms with Crippen molar-refractivity contribution in [1.82, 2.24) is 4.90 Å². The summed E-state index contributed by atoms with van der Waals surface area (Å²) in [6, 6.07) is 0. The van der Waals surface area contributed by atoms with Crippen LogP contribution in [0.4, 0.5) is 0 Å². The van der Waals surface area contributed by atoms with E-state index < -0.39 is 17.3 Å². The zero-order chi connectivity index (χ0) is 17.8. The summed E-state index contributed by atoms with van der Waals surface area (Å²) < 4.78 is 0. The average molecular weight is 307 g/mol. The topological polar surface area (TPSA) is 57.6 Å². The van der Waals surface area contributed by atoms with E-state index >= 15 is 0 Å². The second-order valence-corrected chi connectivity index (χ2v) is 4.44. The van der Waals surface area contributed by atoms with Crippen molar-refractivity contribution in [3.63, 3.8) is 0 Å². The van der Waals surface area contributed by atoms with Crippen molar-refractivity contribution in [1.29, 1.82) is 0 Å². The number of Topliss-reactive ketones (excluding diaryl/α,β-unsaturated/α-hetero) is 1. The quantitative estimate of drug-likeness (QED) is 0.493. The molecule has 1 heterocycles. The molecule has 0 saturated carbocycles. The third kappa shape index (κ3) is 6.22. The van der Waals surface area contributed by atoms with Crippen LogP contribution in [0.2, 0.25) is 0 Å². The van der Waals surface area contributed by atoms with Gasteiger partial charge in [-0.1, -0.05) is 45.2 Å². The molecule has 1 rings (SSSR count). The maximum Gasteiger partial charge on any atom is 0.289 e. The van der Waals surface area contributed by atoms with Gasteiger partial charge in [-0.05, 0) is 18.4 Å². The lowest BCUT2D eigenvalue weighted by Gasteiger charge is -2.38. The largest absolute Gasteiger partial charge is 0.385 e. The van der Waals surface area contributed by atoms with E-state index in [1.54, 1.807) is 18.2 Å². The van der Waals surface area contributed by atoms with E-state index in [0.717, 1.165) is 0 Å². The number of carbonyl (C=O) groups excluding carboxylic acids is 2. The first-order chi connectivity index (χ1) is 10.4. The predicted molar refractivity (Wildman–Crippen MR) is 92.5 cm³/mol. The van der Waals surface area contributed by atoms with Gasteiger partial charge in [-0.25, -0.2) is 0 Å². The lowest BCUT2D eigenvalue weighted by atomic mass is 9.83. The van der Waals surface area contributed by atoms with E-state index in [0.29, 0.717) is 31.5 Å². The second kappa shape index (κ2) is 11.7. The summed E-state index contributed by atoms with van der Waals surface area (Å²) >= 11 is 0. The van der Waals surface area contributed by atoms with Crippen molar-refractivity contribution in [2.24, 2.45) is 0 Å². The normalized spacial score (nSPS) is 16.2. The van der Waals surface area contributed by atoms with Crippen LogP contribution in [0.3, 0.4) is 0 Å². The van der Waals surface area contributed by atoms with Gasteiger partial charge in [-0.15, -0.1) is 13.2 Å². The molecule has 0 unspecified atom stereocenters. The molecule has 0 aromatic rings. The van der Waals surface area contributed by atoms with Crippen molar-refractivity contribution in [3.8, 4) is 0 Å². The number of piperidine rings is 1. The Labute approximate surface area is 134 Å². The summed E-state index contributed by atoms with van der Waals surface area (Å²) in [5, 5.41) is 10.5. The monoisotopic (exact) mass is 307 g/mol. The molecule has 4 heteroatoms. The number of amides is 1. The van der Waals surface area contributed by atoms with Crippen LogP contribution in [0, 0.1) is 0 Å². The number of ketones is 1. The molecule has 1 aliphatic rings. The molecule has 1 saturated heterocycles. The molecule has 1 amide bonds. The summed E-state index contributed by atoms with van der Waals surface area (Å²) in [6.07, 6.45) is 5.72. The highest BCUT2D eigenvalue weighted by Crippen LogP contribution is 2.30. The van der Waals surface area contributed by atoms with Gasteiger partial charge in [0.15, 0.2) is 0 Å². The van der Waals surface area contributed by atoms with Crippen LogP contribution in [-0.2, 0) is 9.59 Å². The Balaban J connectivity index is 0. The number of allylic oxidation sites excluding steroid dienone is 2. The van der Waals surface area contributed by atoms with Crippen LogP contribution in [-0.4, -0.2) is 40.4 Å². The molecule has 0 radical (unpaired) electrons. The average Bonchev–Trinajstić information content (AvgIpc) is 2.56. The van der Waals surface area contributed by atoms with Crippen LogP contribution in [0.1, 0.15) is 33.6 Å². The Bertz CT molecular complexity index is 416. The van der Waals surface area contributed by atoms with Crippen LogP contribution < -0.4 is 0 Å². The van der Waals surface area contributed by atoms with Crippen LogP contribution >= 0.6 is 0 Å². The minimum absolute atomic E-state index is 0.372. The number of carbonyl (C=O) groups is 2. The van der Waals surface area contributed by atoms with Gasteiger partial charge in [0.1, 0.15) is 0 Å². The molecule has 0 atom stereocenters. The molecule has 1 N–H and O–H groups in total. The highest BCUT2D eigenvalue weighted by molar-refractivity contribution is 6.35. The fourth-order valence-electron chi connectivity index (χ4n) is 2.13. The third-order valence-electron chi connectivity index (χ3n) is 3.23. The summed E-state index contributed by atoms with van der Waals surface area (Å²) in [5.74, 6) is -0.948. The Morgan fingerprint density at radius 2 is 1.59 bits per heavy atom. The number of nitrogens with zero attached hydrogens (tertiary/aromatic N) is 1. The number of likely N-dealkylation sites (tertiary alicyclic amines) is 1. The van der Waals surface area contributed by atoms with E-state index in [9.17, 15) is 14.7 Å². The predicted octanol–water partition coefficient (Wildman–Crippen LogP) is 3.06. The first-order valence-electron chi connectivity index (χ1n) is 7.42. The number of aliphatic hydroxyl groups is 1. The molecule has 0 aromatic carbocycles. The van der Waals surface area contributed by atoms with Crippen molar-refractivity contribution in [3.05, 3.63) is 50.1 Å². The van der Waals surface area contributed by atoms with Crippen LogP contribution in [0.25, 0.3) is 0 Å². The van der Waals surface area contributed by atoms with E-state index in [1.165, 1.54) is 11.8 Å². The van der Waals surface area contributed by atoms with Gasteiger partial charge < -0.3 is 10.0 Å². The van der Waals surface area contributed by atoms with Gasteiger partial charge >= 0.3 is 0 Å². The smallest absolute Gasteiger partial charge is 0.289 e. The van der Waals surface area contributed by atoms with Crippen molar-refractivity contribution in [2.75, 3.05) is 13.1 Å². The Hall–Kier alpha value is -1.94. The standard InChI is InChI=1S/C14H19NO3.C2H6.C2H4/c1-4-6-12(5-2)14(18)7-9-15(10-8-14)13(17)11(3)16;2*1-2/h4-6,18H,1-2,7-10H2,3H3;1-2H3;1-2H2/b12-6+;;. The minimum Gasteiger partial charge on any atom is -0.385 e. The first-order valence-corrected chi connectivity index (χ1v) is 7.42. The lowest BCUT2D eigenvalue weighted by molar-refractivity contribution is -0.145. The van der Waals surface area contributed by atoms with Crippen LogP contribution in [0.5, 0.6) is 0 Å².